The quantitative estimate of drug-likeness (QED) is 0.507. The second-order valence-corrected chi connectivity index (χ2v) is 5.11. The highest BCUT2D eigenvalue weighted by Gasteiger charge is 2.17. The molecule has 1 N–H and O–H groups in total. The molecule has 1 aromatic carbocycles. The summed E-state index contributed by atoms with van der Waals surface area (Å²) < 4.78 is 13.9. The highest BCUT2D eigenvalue weighted by molar-refractivity contribution is 9.10. The molecule has 0 bridgehead atoms. The van der Waals surface area contributed by atoms with Crippen LogP contribution in [0.5, 0.6) is 0 Å². The lowest BCUT2D eigenvalue weighted by Crippen LogP contribution is -2.26. The summed E-state index contributed by atoms with van der Waals surface area (Å²) in [6.07, 6.45) is -0.292. The molecule has 0 fully saturated rings. The lowest BCUT2D eigenvalue weighted by Gasteiger charge is -2.13. The van der Waals surface area contributed by atoms with Gasteiger partial charge in [0, 0.05) is 17.1 Å². The third-order valence-electron chi connectivity index (χ3n) is 2.44. The molecule has 0 aliphatic heterocycles. The summed E-state index contributed by atoms with van der Waals surface area (Å²) in [5, 5.41) is 13.4. The molecule has 1 amide bonds. The first-order valence-corrected chi connectivity index (χ1v) is 6.58. The van der Waals surface area contributed by atoms with Crippen LogP contribution in [0.25, 0.3) is 0 Å². The molecular weight excluding hydrogens is 354 g/mol. The summed E-state index contributed by atoms with van der Waals surface area (Å²) >= 11 is 8.94. The smallest absolute Gasteiger partial charge is 0.351 e. The van der Waals surface area contributed by atoms with Gasteiger partial charge in [0.05, 0.1) is 11.4 Å². The number of hydrazone groups is 1. The number of carboxylic acid groups (broad SMARTS) is 1. The molecule has 0 heterocycles. The van der Waals surface area contributed by atoms with E-state index in [4.69, 9.17) is 16.7 Å². The van der Waals surface area contributed by atoms with E-state index in [1.165, 1.54) is 20.0 Å². The Hall–Kier alpha value is -1.47. The second-order valence-electron chi connectivity index (χ2n) is 3.91. The minimum atomic E-state index is -1.24. The van der Waals surface area contributed by atoms with Gasteiger partial charge in [-0.25, -0.2) is 14.2 Å². The molecule has 20 heavy (non-hydrogen) atoms. The van der Waals surface area contributed by atoms with Crippen molar-refractivity contribution in [3.8, 4) is 0 Å². The van der Waals surface area contributed by atoms with E-state index in [0.29, 0.717) is 4.47 Å². The van der Waals surface area contributed by atoms with Crippen molar-refractivity contribution in [3.05, 3.63) is 33.0 Å². The van der Waals surface area contributed by atoms with Crippen molar-refractivity contribution in [3.63, 3.8) is 0 Å². The van der Waals surface area contributed by atoms with Gasteiger partial charge in [0.2, 0.25) is 5.91 Å². The number of rotatable bonds is 4. The van der Waals surface area contributed by atoms with Gasteiger partial charge < -0.3 is 5.11 Å². The molecule has 5 nitrogen and oxygen atoms in total. The van der Waals surface area contributed by atoms with Crippen LogP contribution in [0.1, 0.15) is 12.5 Å². The third-order valence-corrected chi connectivity index (χ3v) is 3.89. The van der Waals surface area contributed by atoms with Crippen LogP contribution < -0.4 is 0 Å². The molecule has 1 aromatic rings. The number of carbonyl (C=O) groups is 2. The molecule has 0 saturated carbocycles. The Balaban J connectivity index is 2.95. The van der Waals surface area contributed by atoms with E-state index in [0.717, 1.165) is 11.1 Å². The number of likely N-dealkylation sites (N-methyl/N-ethyl adjacent to an activating group) is 1. The maximum Gasteiger partial charge on any atom is 0.351 e. The van der Waals surface area contributed by atoms with Crippen LogP contribution in [0, 0.1) is 5.82 Å². The molecule has 0 atom stereocenters. The standard InChI is InChI=1S/C12H11BrClFN2O3/c1-6(12(19)20)16-17(2)10(18)5-7-9(15)4-3-8(14)11(7)13/h3-4H,5H2,1-2H3,(H,19,20). The Morgan fingerprint density at radius 3 is 2.65 bits per heavy atom. The first kappa shape index (κ1) is 16.6. The SMILES string of the molecule is CC(=NN(C)C(=O)Cc1c(F)ccc(Cl)c1Br)C(=O)O. The van der Waals surface area contributed by atoms with E-state index in [-0.39, 0.29) is 22.7 Å². The van der Waals surface area contributed by atoms with E-state index in [1.807, 2.05) is 0 Å². The number of nitrogens with zero attached hydrogens (tertiary/aromatic N) is 2. The molecule has 0 aliphatic carbocycles. The largest absolute Gasteiger partial charge is 0.477 e. The number of benzene rings is 1. The molecular formula is C12H11BrClFN2O3. The van der Waals surface area contributed by atoms with Gasteiger partial charge in [0.25, 0.3) is 0 Å². The average molecular weight is 366 g/mol. The zero-order valence-electron chi connectivity index (χ0n) is 10.7. The highest BCUT2D eigenvalue weighted by atomic mass is 79.9. The van der Waals surface area contributed by atoms with Crippen LogP contribution in [-0.2, 0) is 16.0 Å². The van der Waals surface area contributed by atoms with Gasteiger partial charge in [-0.05, 0) is 35.0 Å². The second kappa shape index (κ2) is 6.81. The van der Waals surface area contributed by atoms with Crippen molar-refractivity contribution >= 4 is 45.1 Å². The fraction of sp³-hybridized carbons (Fsp3) is 0.250. The van der Waals surface area contributed by atoms with Gasteiger partial charge >= 0.3 is 5.97 Å². The number of carboxylic acids is 1. The van der Waals surface area contributed by atoms with Crippen molar-refractivity contribution in [1.29, 1.82) is 0 Å². The Bertz CT molecular complexity index is 592. The zero-order valence-corrected chi connectivity index (χ0v) is 13.0. The maximum absolute atomic E-state index is 13.7. The minimum Gasteiger partial charge on any atom is -0.477 e. The van der Waals surface area contributed by atoms with Crippen LogP contribution >= 0.6 is 27.5 Å². The Morgan fingerprint density at radius 2 is 2.10 bits per heavy atom. The predicted octanol–water partition coefficient (Wildman–Crippen LogP) is 2.70. The summed E-state index contributed by atoms with van der Waals surface area (Å²) in [6, 6.07) is 2.52. The van der Waals surface area contributed by atoms with Gasteiger partial charge in [0.15, 0.2) is 0 Å². The number of hydrogen-bond donors (Lipinski definition) is 1. The molecule has 0 spiro atoms. The lowest BCUT2D eigenvalue weighted by molar-refractivity contribution is -0.130. The van der Waals surface area contributed by atoms with Crippen LogP contribution in [0.4, 0.5) is 4.39 Å². The van der Waals surface area contributed by atoms with E-state index >= 15 is 0 Å². The highest BCUT2D eigenvalue weighted by Crippen LogP contribution is 2.29. The molecule has 108 valence electrons. The van der Waals surface area contributed by atoms with Crippen molar-refractivity contribution in [2.75, 3.05) is 7.05 Å². The molecule has 0 aromatic heterocycles. The summed E-state index contributed by atoms with van der Waals surface area (Å²) in [5.74, 6) is -2.38. The Labute approximate surface area is 128 Å². The Morgan fingerprint density at radius 1 is 1.50 bits per heavy atom. The molecule has 0 aliphatic rings. The molecule has 0 radical (unpaired) electrons. The number of halogens is 3. The zero-order chi connectivity index (χ0) is 15.4. The topological polar surface area (TPSA) is 70.0 Å². The van der Waals surface area contributed by atoms with Gasteiger partial charge in [0.1, 0.15) is 11.5 Å². The minimum absolute atomic E-state index is 0.0949. The van der Waals surface area contributed by atoms with Gasteiger partial charge in [-0.1, -0.05) is 11.6 Å². The fourth-order valence-corrected chi connectivity index (χ4v) is 1.96. The van der Waals surface area contributed by atoms with Crippen LogP contribution in [0.15, 0.2) is 21.7 Å². The monoisotopic (exact) mass is 364 g/mol. The Kier molecular flexibility index (Phi) is 5.64. The van der Waals surface area contributed by atoms with E-state index in [9.17, 15) is 14.0 Å². The molecule has 8 heteroatoms. The summed E-state index contributed by atoms with van der Waals surface area (Å²) in [5.41, 5.74) is -0.149. The van der Waals surface area contributed by atoms with Crippen molar-refractivity contribution in [1.82, 2.24) is 5.01 Å². The van der Waals surface area contributed by atoms with Gasteiger partial charge in [-0.2, -0.15) is 5.10 Å². The number of carbonyl (C=O) groups excluding carboxylic acids is 1. The van der Waals surface area contributed by atoms with Crippen molar-refractivity contribution in [2.24, 2.45) is 5.10 Å². The van der Waals surface area contributed by atoms with Gasteiger partial charge in [-0.3, -0.25) is 4.79 Å². The van der Waals surface area contributed by atoms with Crippen LogP contribution in [0.3, 0.4) is 0 Å². The summed E-state index contributed by atoms with van der Waals surface area (Å²) in [4.78, 5) is 22.5. The normalized spacial score (nSPS) is 11.3. The first-order chi connectivity index (χ1) is 9.23. The lowest BCUT2D eigenvalue weighted by atomic mass is 10.1. The molecule has 0 saturated heterocycles. The summed E-state index contributed by atoms with van der Waals surface area (Å²) in [6.45, 7) is 1.25. The van der Waals surface area contributed by atoms with Crippen LogP contribution in [-0.4, -0.2) is 34.8 Å². The number of amides is 1. The predicted molar refractivity (Wildman–Crippen MR) is 76.3 cm³/mol. The van der Waals surface area contributed by atoms with E-state index in [1.54, 1.807) is 0 Å². The van der Waals surface area contributed by atoms with Gasteiger partial charge in [-0.15, -0.1) is 0 Å². The maximum atomic E-state index is 13.7. The molecule has 1 rings (SSSR count). The summed E-state index contributed by atoms with van der Waals surface area (Å²) in [7, 11) is 1.30. The molecule has 0 unspecified atom stereocenters. The van der Waals surface area contributed by atoms with E-state index in [2.05, 4.69) is 21.0 Å². The first-order valence-electron chi connectivity index (χ1n) is 5.41. The number of hydrogen-bond acceptors (Lipinski definition) is 3. The van der Waals surface area contributed by atoms with Crippen molar-refractivity contribution < 1.29 is 19.1 Å². The fourth-order valence-electron chi connectivity index (χ4n) is 1.32. The number of aliphatic carboxylic acids is 1. The van der Waals surface area contributed by atoms with Crippen LogP contribution in [0.2, 0.25) is 5.02 Å². The van der Waals surface area contributed by atoms with E-state index < -0.39 is 17.7 Å². The average Bonchev–Trinajstić information content (AvgIpc) is 2.38. The third kappa shape index (κ3) is 4.01. The van der Waals surface area contributed by atoms with Crippen molar-refractivity contribution in [2.45, 2.75) is 13.3 Å².